The van der Waals surface area contributed by atoms with Gasteiger partial charge in [-0.05, 0) is 113 Å². The van der Waals surface area contributed by atoms with Crippen LogP contribution in [0.25, 0.3) is 21.1 Å². The number of unbranched alkanes of at least 4 members (excludes halogenated alkanes) is 4. The topological polar surface area (TPSA) is 444 Å². The molecule has 13 atom stereocenters. The molecule has 3 aromatic carbocycles. The van der Waals surface area contributed by atoms with Crippen LogP contribution in [-0.2, 0) is 49.3 Å². The van der Waals surface area contributed by atoms with E-state index in [1.807, 2.05) is 24.3 Å². The number of carbonyl (C=O) groups excluding carboxylic acids is 7. The van der Waals surface area contributed by atoms with Crippen LogP contribution < -0.4 is 46.1 Å². The molecule has 4 saturated heterocycles. The van der Waals surface area contributed by atoms with Gasteiger partial charge >= 0.3 is 0 Å². The number of nitrogens with one attached hydrogen (secondary N) is 7. The number of aliphatic hydroxyl groups excluding tert-OH is 6. The van der Waals surface area contributed by atoms with Crippen LogP contribution in [0.3, 0.4) is 0 Å². The highest BCUT2D eigenvalue weighted by molar-refractivity contribution is 7.90. The van der Waals surface area contributed by atoms with Crippen LogP contribution >= 0.6 is 23.7 Å². The molecule has 0 aliphatic carbocycles. The average Bonchev–Trinajstić information content (AvgIpc) is 1.65. The van der Waals surface area contributed by atoms with Crippen molar-refractivity contribution < 1.29 is 97.6 Å². The Hall–Kier alpha value is -7.22. The van der Waals surface area contributed by atoms with Gasteiger partial charge in [0.25, 0.3) is 18.2 Å². The van der Waals surface area contributed by atoms with Crippen molar-refractivity contribution in [3.63, 3.8) is 0 Å². The zero-order valence-electron chi connectivity index (χ0n) is 53.5. The van der Waals surface area contributed by atoms with Gasteiger partial charge in [-0.25, -0.2) is 5.26 Å². The summed E-state index contributed by atoms with van der Waals surface area (Å²) >= 11 is 1.39. The van der Waals surface area contributed by atoms with Crippen LogP contribution in [0, 0.1) is 5.92 Å². The van der Waals surface area contributed by atoms with Gasteiger partial charge in [0.05, 0.1) is 43.2 Å². The third-order valence-corrected chi connectivity index (χ3v) is 18.7. The molecule has 4 aliphatic heterocycles. The maximum Gasteiger partial charge on any atom is 0.261 e. The van der Waals surface area contributed by atoms with E-state index in [4.69, 9.17) is 18.9 Å². The second kappa shape index (κ2) is 36.4. The van der Waals surface area contributed by atoms with Gasteiger partial charge in [0.15, 0.2) is 11.5 Å². The SMILES string of the molecule is COCCCCCCCOc1ccc(-c2nnc(-c3ccc(C(=O)N[C@H]4C[C@H](O)CNC(=O)[C@@H]5[C@@H](O)[C@H](C)CN5C(=O)[C@H]([C@H](O)CCNC5CCNCC5)NC(=O)[C@H]([C@H](O)Cc5ccc(O)c(OSOOO)c5)NC(=O)[C@@H]5C[C@H](O)CN5C(=O)[C@H]([C@H](C)O)NC4=O)cc3)s2)cc1. The average molecular weight is 1380 g/mol. The van der Waals surface area contributed by atoms with E-state index in [2.05, 4.69) is 56.8 Å². The molecule has 0 unspecified atom stereocenters. The highest BCUT2D eigenvalue weighted by Crippen LogP contribution is 2.33. The number of fused-ring (bicyclic) bond motifs is 2. The third-order valence-electron chi connectivity index (χ3n) is 17.3. The Morgan fingerprint density at radius 3 is 2.07 bits per heavy atom. The number of methoxy groups -OCH3 is 1. The Balaban J connectivity index is 1.05. The molecule has 4 aliphatic rings. The summed E-state index contributed by atoms with van der Waals surface area (Å²) in [4.78, 5) is 105. The Kier molecular flexibility index (Phi) is 28.3. The van der Waals surface area contributed by atoms with Crippen LogP contribution in [0.1, 0.15) is 94.0 Å². The molecule has 0 spiro atoms. The van der Waals surface area contributed by atoms with E-state index < -0.39 is 158 Å². The third kappa shape index (κ3) is 20.4. The van der Waals surface area contributed by atoms with Crippen molar-refractivity contribution in [3.05, 3.63) is 77.9 Å². The summed E-state index contributed by atoms with van der Waals surface area (Å²) in [6, 6.07) is 6.24. The van der Waals surface area contributed by atoms with E-state index in [1.54, 1.807) is 26.2 Å². The van der Waals surface area contributed by atoms with Crippen LogP contribution in [0.4, 0.5) is 0 Å². The van der Waals surface area contributed by atoms with Crippen molar-refractivity contribution in [1.29, 1.82) is 0 Å². The Labute approximate surface area is 562 Å². The fourth-order valence-corrected chi connectivity index (χ4v) is 13.1. The molecule has 0 radical (unpaired) electrons. The number of aliphatic hydroxyl groups is 6. The second-order valence-electron chi connectivity index (χ2n) is 24.5. The largest absolute Gasteiger partial charge is 0.504 e. The monoisotopic (exact) mass is 1380 g/mol. The number of amides is 7. The van der Waals surface area contributed by atoms with E-state index in [-0.39, 0.29) is 54.8 Å². The van der Waals surface area contributed by atoms with Crippen molar-refractivity contribution in [3.8, 4) is 38.4 Å². The molecule has 31 nitrogen and oxygen atoms in total. The molecule has 7 amide bonds. The lowest BCUT2D eigenvalue weighted by molar-refractivity contribution is -0.433. The van der Waals surface area contributed by atoms with Gasteiger partial charge in [-0.15, -0.1) is 10.2 Å². The molecule has 4 fully saturated rings. The summed E-state index contributed by atoms with van der Waals surface area (Å²) in [5, 5.41) is 121. The number of ether oxygens (including phenoxy) is 2. The number of piperidine rings is 1. The molecular formula is C63H87N11O20S2. The number of β-amino-alcohol motifs (C(OH)–C–C–N with tert-alkyl or cyclic N) is 1. The maximum atomic E-state index is 15.1. The first kappa shape index (κ1) is 74.6. The standard InChI is InChI=1S/C63H87N11O20S2/c1-34-32-74-53(54(34)81)59(86)66-31-41(76)29-44(67-55(82)37-10-12-38(13-11-37)60-71-72-61(95-60)39-14-16-43(17-15-39)91-26-8-6-4-5-7-25-90-3)56(83)68-50(35(2)75)62(87)73-33-42(77)30-45(73)57(84)69-51(48(80)27-36-9-18-46(78)49(28-36)92-96-94-93-89)58(85)70-52(63(74)88)47(79)21-24-65-40-19-22-64-23-20-40/h9-18,28,34-35,40-42,44-45,47-48,50-54,64-65,75-81,89H,4-8,19-27,29-33H2,1-3H3,(H,66,86)(H,67,82)(H,68,83)(H,69,84)(H,70,85)/t34-,35+,41+,42+,44+,45+,47-,48-,50+,51+,52+,53+,54+/m1/s1. The predicted molar refractivity (Wildman–Crippen MR) is 346 cm³/mol. The highest BCUT2D eigenvalue weighted by Gasteiger charge is 2.50. The van der Waals surface area contributed by atoms with Gasteiger partial charge in [-0.1, -0.05) is 65.1 Å². The Morgan fingerprint density at radius 2 is 1.40 bits per heavy atom. The van der Waals surface area contributed by atoms with Crippen molar-refractivity contribution >= 4 is 65.0 Å². The predicted octanol–water partition coefficient (Wildman–Crippen LogP) is -0.403. The fraction of sp³-hybridized carbons (Fsp3) is 0.571. The van der Waals surface area contributed by atoms with Gasteiger partial charge in [0.2, 0.25) is 35.4 Å². The summed E-state index contributed by atoms with van der Waals surface area (Å²) < 4.78 is 20.5. The number of aromatic hydroxyl groups is 1. The van der Waals surface area contributed by atoms with Crippen LogP contribution in [0.15, 0.2) is 66.7 Å². The number of rotatable bonds is 26. The Bertz CT molecular complexity index is 3220. The van der Waals surface area contributed by atoms with Crippen molar-refractivity contribution in [2.75, 3.05) is 59.6 Å². The van der Waals surface area contributed by atoms with E-state index in [9.17, 15) is 64.5 Å². The lowest BCUT2D eigenvalue weighted by Crippen LogP contribution is -2.64. The number of phenols is 1. The van der Waals surface area contributed by atoms with E-state index in [0.717, 1.165) is 98.7 Å². The van der Waals surface area contributed by atoms with Crippen molar-refractivity contribution in [1.82, 2.24) is 57.2 Å². The number of carbonyl (C=O) groups is 7. The van der Waals surface area contributed by atoms with Gasteiger partial charge in [-0.2, -0.15) is 0 Å². The van der Waals surface area contributed by atoms with Crippen LogP contribution in [0.2, 0.25) is 0 Å². The lowest BCUT2D eigenvalue weighted by atomic mass is 9.98. The number of hydrogen-bond acceptors (Lipinski definition) is 26. The first-order valence-corrected chi connectivity index (χ1v) is 33.5. The van der Waals surface area contributed by atoms with E-state index >= 15 is 4.79 Å². The first-order valence-electron chi connectivity index (χ1n) is 32.1. The van der Waals surface area contributed by atoms with Crippen molar-refractivity contribution in [2.24, 2.45) is 5.92 Å². The number of phenolic OH excluding ortho intramolecular Hbond substituents is 1. The quantitative estimate of drug-likeness (QED) is 0.0165. The van der Waals surface area contributed by atoms with Gasteiger partial charge < -0.3 is 96.4 Å². The zero-order chi connectivity index (χ0) is 69.0. The molecule has 0 bridgehead atoms. The molecular weight excluding hydrogens is 1290 g/mol. The number of benzene rings is 3. The summed E-state index contributed by atoms with van der Waals surface area (Å²) in [5.74, 6) is -8.43. The molecule has 0 saturated carbocycles. The van der Waals surface area contributed by atoms with Gasteiger partial charge in [0.1, 0.15) is 52.0 Å². The van der Waals surface area contributed by atoms with Gasteiger partial charge in [0, 0.05) is 81.3 Å². The molecule has 526 valence electrons. The Morgan fingerprint density at radius 1 is 0.750 bits per heavy atom. The molecule has 4 aromatic rings. The normalized spacial score (nSPS) is 25.3. The highest BCUT2D eigenvalue weighted by atomic mass is 32.2. The molecule has 96 heavy (non-hydrogen) atoms. The molecule has 15 N–H and O–H groups in total. The summed E-state index contributed by atoms with van der Waals surface area (Å²) in [5.41, 5.74) is 1.57. The minimum Gasteiger partial charge on any atom is -0.504 e. The van der Waals surface area contributed by atoms with Crippen molar-refractivity contribution in [2.45, 2.75) is 163 Å². The van der Waals surface area contributed by atoms with Crippen LogP contribution in [0.5, 0.6) is 17.2 Å². The number of nitrogens with zero attached hydrogens (tertiary/aromatic N) is 4. The number of hydrogen-bond donors (Lipinski definition) is 15. The lowest BCUT2D eigenvalue weighted by Gasteiger charge is -2.34. The maximum absolute atomic E-state index is 15.1. The van der Waals surface area contributed by atoms with E-state index in [1.165, 1.54) is 35.6 Å². The fourth-order valence-electron chi connectivity index (χ4n) is 11.9. The molecule has 33 heteroatoms. The molecule has 8 rings (SSSR count). The van der Waals surface area contributed by atoms with Crippen LogP contribution in [-0.4, -0.2) is 241 Å². The summed E-state index contributed by atoms with van der Waals surface area (Å²) in [6.45, 7) is 4.10. The zero-order valence-corrected chi connectivity index (χ0v) is 55.1. The minimum atomic E-state index is -2.10. The van der Waals surface area contributed by atoms with E-state index in [0.29, 0.717) is 22.2 Å². The second-order valence-corrected chi connectivity index (χ2v) is 25.9. The minimum absolute atomic E-state index is 0.0268. The summed E-state index contributed by atoms with van der Waals surface area (Å²) in [6.07, 6.45) is -5.24. The van der Waals surface area contributed by atoms with Gasteiger partial charge in [-0.3, -0.25) is 33.6 Å². The smallest absolute Gasteiger partial charge is 0.261 e. The molecule has 1 aromatic heterocycles. The first-order chi connectivity index (χ1) is 46.1. The summed E-state index contributed by atoms with van der Waals surface area (Å²) in [7, 11) is 1.70. The number of aromatic nitrogens is 2. The molecule has 5 heterocycles.